The van der Waals surface area contributed by atoms with Gasteiger partial charge in [-0.1, -0.05) is 20.8 Å². The van der Waals surface area contributed by atoms with E-state index in [1.165, 1.54) is 6.42 Å². The highest BCUT2D eigenvalue weighted by Crippen LogP contribution is 2.31. The smallest absolute Gasteiger partial charge is 0.0388 e. The van der Waals surface area contributed by atoms with E-state index in [1.807, 2.05) is 0 Å². The Morgan fingerprint density at radius 2 is 1.38 bits per heavy atom. The van der Waals surface area contributed by atoms with Crippen LogP contribution < -0.4 is 0 Å². The third-order valence-electron chi connectivity index (χ3n) is 2.27. The molecule has 0 bridgehead atoms. The summed E-state index contributed by atoms with van der Waals surface area (Å²) in [6.07, 6.45) is 5.48. The van der Waals surface area contributed by atoms with Crippen LogP contribution in [0.4, 0.5) is 0 Å². The van der Waals surface area contributed by atoms with Crippen molar-refractivity contribution in [2.24, 2.45) is 5.41 Å². The Morgan fingerprint density at radius 1 is 0.923 bits per heavy atom. The molecule has 74 valence electrons. The SMILES string of the molecule is CC(C)(C)CC(C)(C)n1cccc1. The summed E-state index contributed by atoms with van der Waals surface area (Å²) in [6, 6.07) is 4.18. The van der Waals surface area contributed by atoms with Crippen LogP contribution in [-0.2, 0) is 5.54 Å². The molecule has 1 aromatic heterocycles. The van der Waals surface area contributed by atoms with Gasteiger partial charge in [0.1, 0.15) is 0 Å². The molecule has 0 aromatic carbocycles. The largest absolute Gasteiger partial charge is 0.349 e. The lowest BCUT2D eigenvalue weighted by Crippen LogP contribution is -2.30. The molecule has 0 atom stereocenters. The van der Waals surface area contributed by atoms with E-state index in [0.29, 0.717) is 5.41 Å². The van der Waals surface area contributed by atoms with Gasteiger partial charge in [-0.2, -0.15) is 0 Å². The van der Waals surface area contributed by atoms with Gasteiger partial charge in [0.05, 0.1) is 0 Å². The van der Waals surface area contributed by atoms with Gasteiger partial charge in [-0.25, -0.2) is 0 Å². The van der Waals surface area contributed by atoms with Crippen LogP contribution in [0.5, 0.6) is 0 Å². The molecule has 0 amide bonds. The van der Waals surface area contributed by atoms with Gasteiger partial charge >= 0.3 is 0 Å². The zero-order valence-corrected chi connectivity index (χ0v) is 9.46. The minimum atomic E-state index is 0.224. The van der Waals surface area contributed by atoms with E-state index in [4.69, 9.17) is 0 Å². The first-order valence-corrected chi connectivity index (χ1v) is 4.95. The van der Waals surface area contributed by atoms with Crippen LogP contribution >= 0.6 is 0 Å². The highest BCUT2D eigenvalue weighted by atomic mass is 15.0. The van der Waals surface area contributed by atoms with E-state index in [2.05, 4.69) is 63.7 Å². The second kappa shape index (κ2) is 3.21. The molecule has 0 aliphatic heterocycles. The maximum absolute atomic E-state index is 2.29. The van der Waals surface area contributed by atoms with Crippen LogP contribution in [0, 0.1) is 5.41 Å². The van der Waals surface area contributed by atoms with Gasteiger partial charge in [0, 0.05) is 17.9 Å². The molecule has 1 nitrogen and oxygen atoms in total. The number of hydrogen-bond acceptors (Lipinski definition) is 0. The molecule has 0 radical (unpaired) electrons. The Kier molecular flexibility index (Phi) is 2.56. The van der Waals surface area contributed by atoms with Crippen LogP contribution in [0.15, 0.2) is 24.5 Å². The van der Waals surface area contributed by atoms with Gasteiger partial charge in [0.15, 0.2) is 0 Å². The fourth-order valence-corrected chi connectivity index (χ4v) is 2.13. The monoisotopic (exact) mass is 179 g/mol. The van der Waals surface area contributed by atoms with Crippen molar-refractivity contribution >= 4 is 0 Å². The van der Waals surface area contributed by atoms with Crippen LogP contribution in [0.2, 0.25) is 0 Å². The number of rotatable bonds is 2. The van der Waals surface area contributed by atoms with Crippen molar-refractivity contribution in [3.63, 3.8) is 0 Å². The maximum atomic E-state index is 2.29. The summed E-state index contributed by atoms with van der Waals surface area (Å²) in [7, 11) is 0. The Bertz CT molecular complexity index is 249. The minimum Gasteiger partial charge on any atom is -0.349 e. The fourth-order valence-electron chi connectivity index (χ4n) is 2.13. The average Bonchev–Trinajstić information content (AvgIpc) is 2.29. The number of hydrogen-bond donors (Lipinski definition) is 0. The fraction of sp³-hybridized carbons (Fsp3) is 0.667. The number of nitrogens with zero attached hydrogens (tertiary/aromatic N) is 1. The van der Waals surface area contributed by atoms with Gasteiger partial charge in [0.25, 0.3) is 0 Å². The van der Waals surface area contributed by atoms with Crippen LogP contribution in [0.3, 0.4) is 0 Å². The minimum absolute atomic E-state index is 0.224. The molecule has 0 saturated heterocycles. The van der Waals surface area contributed by atoms with Crippen molar-refractivity contribution in [1.29, 1.82) is 0 Å². The standard InChI is InChI=1S/C12H21N/c1-11(2,3)10-12(4,5)13-8-6-7-9-13/h6-9H,10H2,1-5H3. The zero-order chi connectivity index (χ0) is 10.1. The van der Waals surface area contributed by atoms with E-state index >= 15 is 0 Å². The first-order valence-electron chi connectivity index (χ1n) is 4.95. The van der Waals surface area contributed by atoms with Gasteiger partial charge in [-0.3, -0.25) is 0 Å². The third-order valence-corrected chi connectivity index (χ3v) is 2.27. The molecule has 1 rings (SSSR count). The van der Waals surface area contributed by atoms with Crippen molar-refractivity contribution in [2.75, 3.05) is 0 Å². The van der Waals surface area contributed by atoms with Gasteiger partial charge in [-0.15, -0.1) is 0 Å². The molecule has 1 heteroatoms. The quantitative estimate of drug-likeness (QED) is 0.653. The molecular formula is C12H21N. The molecule has 0 spiro atoms. The van der Waals surface area contributed by atoms with Gasteiger partial charge in [-0.05, 0) is 37.8 Å². The van der Waals surface area contributed by atoms with Crippen LogP contribution in [-0.4, -0.2) is 4.57 Å². The average molecular weight is 179 g/mol. The van der Waals surface area contributed by atoms with Crippen molar-refractivity contribution in [2.45, 2.75) is 46.6 Å². The van der Waals surface area contributed by atoms with E-state index < -0.39 is 0 Å². The Morgan fingerprint density at radius 3 is 1.77 bits per heavy atom. The lowest BCUT2D eigenvalue weighted by atomic mass is 9.82. The van der Waals surface area contributed by atoms with Crippen LogP contribution in [0.1, 0.15) is 41.0 Å². The lowest BCUT2D eigenvalue weighted by Gasteiger charge is -2.34. The summed E-state index contributed by atoms with van der Waals surface area (Å²) in [5.41, 5.74) is 0.607. The summed E-state index contributed by atoms with van der Waals surface area (Å²) in [5.74, 6) is 0. The summed E-state index contributed by atoms with van der Waals surface area (Å²) in [5, 5.41) is 0. The molecule has 1 heterocycles. The second-order valence-corrected chi connectivity index (χ2v) is 5.64. The molecule has 0 unspecified atom stereocenters. The molecule has 0 saturated carbocycles. The number of aromatic nitrogens is 1. The molecule has 0 aliphatic rings. The molecule has 0 fully saturated rings. The zero-order valence-electron chi connectivity index (χ0n) is 9.46. The Labute approximate surface area is 81.8 Å². The maximum Gasteiger partial charge on any atom is 0.0388 e. The summed E-state index contributed by atoms with van der Waals surface area (Å²) in [6.45, 7) is 11.4. The third kappa shape index (κ3) is 2.91. The summed E-state index contributed by atoms with van der Waals surface area (Å²) in [4.78, 5) is 0. The lowest BCUT2D eigenvalue weighted by molar-refractivity contribution is 0.215. The first kappa shape index (κ1) is 10.4. The van der Waals surface area contributed by atoms with E-state index in [9.17, 15) is 0 Å². The molecule has 0 N–H and O–H groups in total. The van der Waals surface area contributed by atoms with E-state index in [-0.39, 0.29) is 5.54 Å². The van der Waals surface area contributed by atoms with Gasteiger partial charge < -0.3 is 4.57 Å². The molecule has 13 heavy (non-hydrogen) atoms. The highest BCUT2D eigenvalue weighted by molar-refractivity contribution is 4.97. The molecular weight excluding hydrogens is 158 g/mol. The summed E-state index contributed by atoms with van der Waals surface area (Å²) < 4.78 is 2.29. The normalized spacial score (nSPS) is 13.3. The predicted octanol–water partition coefficient (Wildman–Crippen LogP) is 3.66. The Balaban J connectivity index is 2.78. The van der Waals surface area contributed by atoms with Crippen molar-refractivity contribution in [1.82, 2.24) is 4.57 Å². The van der Waals surface area contributed by atoms with Crippen LogP contribution in [0.25, 0.3) is 0 Å². The Hall–Kier alpha value is -0.720. The topological polar surface area (TPSA) is 4.93 Å². The predicted molar refractivity (Wildman–Crippen MR) is 57.8 cm³/mol. The van der Waals surface area contributed by atoms with Gasteiger partial charge in [0.2, 0.25) is 0 Å². The highest BCUT2D eigenvalue weighted by Gasteiger charge is 2.25. The molecule has 1 aromatic rings. The first-order chi connectivity index (χ1) is 5.81. The second-order valence-electron chi connectivity index (χ2n) is 5.64. The molecule has 0 aliphatic carbocycles. The van der Waals surface area contributed by atoms with E-state index in [1.54, 1.807) is 0 Å². The van der Waals surface area contributed by atoms with Crippen molar-refractivity contribution in [3.05, 3.63) is 24.5 Å². The van der Waals surface area contributed by atoms with Crippen molar-refractivity contribution in [3.8, 4) is 0 Å². The summed E-state index contributed by atoms with van der Waals surface area (Å²) >= 11 is 0. The van der Waals surface area contributed by atoms with E-state index in [0.717, 1.165) is 0 Å². The van der Waals surface area contributed by atoms with Crippen molar-refractivity contribution < 1.29 is 0 Å².